The summed E-state index contributed by atoms with van der Waals surface area (Å²) in [7, 11) is 0. The standard InChI is InChI=1S/C23H24FNO4/c1-15(2)16-3-5-17(6-4-16)21(26)13-25-23(27)22-12-11-20(29-22)14-28-19-9-7-18(24)8-10-19/h3-12,15,21,26H,13-14H2,1-2H3,(H,25,27). The second-order valence-corrected chi connectivity index (χ2v) is 7.06. The molecular weight excluding hydrogens is 373 g/mol. The van der Waals surface area contributed by atoms with Crippen LogP contribution in [-0.2, 0) is 6.61 Å². The second kappa shape index (κ2) is 9.39. The van der Waals surface area contributed by atoms with Crippen LogP contribution in [0.2, 0.25) is 0 Å². The molecular formula is C23H24FNO4. The Balaban J connectivity index is 1.49. The van der Waals surface area contributed by atoms with Gasteiger partial charge in [-0.25, -0.2) is 4.39 Å². The molecule has 0 aliphatic heterocycles. The molecule has 0 saturated heterocycles. The van der Waals surface area contributed by atoms with Crippen molar-refractivity contribution in [2.75, 3.05) is 6.54 Å². The summed E-state index contributed by atoms with van der Waals surface area (Å²) < 4.78 is 23.9. The Labute approximate surface area is 169 Å². The van der Waals surface area contributed by atoms with Crippen molar-refractivity contribution in [3.63, 3.8) is 0 Å². The highest BCUT2D eigenvalue weighted by Crippen LogP contribution is 2.19. The zero-order valence-corrected chi connectivity index (χ0v) is 16.4. The van der Waals surface area contributed by atoms with Crippen molar-refractivity contribution in [3.8, 4) is 5.75 Å². The minimum Gasteiger partial charge on any atom is -0.486 e. The van der Waals surface area contributed by atoms with Crippen LogP contribution in [-0.4, -0.2) is 17.6 Å². The molecule has 3 rings (SSSR count). The number of hydrogen-bond donors (Lipinski definition) is 2. The molecule has 0 radical (unpaired) electrons. The summed E-state index contributed by atoms with van der Waals surface area (Å²) >= 11 is 0. The van der Waals surface area contributed by atoms with Gasteiger partial charge in [-0.3, -0.25) is 4.79 Å². The summed E-state index contributed by atoms with van der Waals surface area (Å²) in [6, 6.07) is 16.5. The van der Waals surface area contributed by atoms with Crippen molar-refractivity contribution in [1.29, 1.82) is 0 Å². The van der Waals surface area contributed by atoms with E-state index in [4.69, 9.17) is 9.15 Å². The topological polar surface area (TPSA) is 71.7 Å². The number of carbonyl (C=O) groups excluding carboxylic acids is 1. The first-order chi connectivity index (χ1) is 13.9. The number of aliphatic hydroxyl groups is 1. The molecule has 1 unspecified atom stereocenters. The largest absolute Gasteiger partial charge is 0.486 e. The lowest BCUT2D eigenvalue weighted by Crippen LogP contribution is -2.28. The molecule has 5 nitrogen and oxygen atoms in total. The summed E-state index contributed by atoms with van der Waals surface area (Å²) in [6.07, 6.45) is -0.809. The van der Waals surface area contributed by atoms with Gasteiger partial charge in [0.1, 0.15) is 23.9 Å². The van der Waals surface area contributed by atoms with Gasteiger partial charge in [-0.05, 0) is 53.4 Å². The Kier molecular flexibility index (Phi) is 6.67. The molecule has 1 heterocycles. The third-order valence-electron chi connectivity index (χ3n) is 4.52. The zero-order valence-electron chi connectivity index (χ0n) is 16.4. The smallest absolute Gasteiger partial charge is 0.287 e. The van der Waals surface area contributed by atoms with Gasteiger partial charge in [0, 0.05) is 6.54 Å². The van der Waals surface area contributed by atoms with Crippen molar-refractivity contribution in [2.24, 2.45) is 0 Å². The van der Waals surface area contributed by atoms with E-state index in [1.165, 1.54) is 29.8 Å². The lowest BCUT2D eigenvalue weighted by atomic mass is 10.00. The summed E-state index contributed by atoms with van der Waals surface area (Å²) in [5.41, 5.74) is 1.93. The predicted molar refractivity (Wildman–Crippen MR) is 107 cm³/mol. The first kappa shape index (κ1) is 20.6. The highest BCUT2D eigenvalue weighted by atomic mass is 19.1. The van der Waals surface area contributed by atoms with Gasteiger partial charge in [0.2, 0.25) is 0 Å². The van der Waals surface area contributed by atoms with Crippen molar-refractivity contribution in [1.82, 2.24) is 5.32 Å². The summed E-state index contributed by atoms with van der Waals surface area (Å²) in [5, 5.41) is 13.0. The monoisotopic (exact) mass is 397 g/mol. The molecule has 29 heavy (non-hydrogen) atoms. The van der Waals surface area contributed by atoms with Gasteiger partial charge in [-0.15, -0.1) is 0 Å². The number of nitrogens with one attached hydrogen (secondary N) is 1. The first-order valence-electron chi connectivity index (χ1n) is 9.45. The number of aliphatic hydroxyl groups excluding tert-OH is 1. The van der Waals surface area contributed by atoms with Crippen LogP contribution in [0.25, 0.3) is 0 Å². The molecule has 1 atom stereocenters. The van der Waals surface area contributed by atoms with Crippen LogP contribution in [0.15, 0.2) is 65.1 Å². The SMILES string of the molecule is CC(C)c1ccc(C(O)CNC(=O)c2ccc(COc3ccc(F)cc3)o2)cc1. The number of carbonyl (C=O) groups is 1. The van der Waals surface area contributed by atoms with Crippen LogP contribution in [0.1, 0.15) is 53.3 Å². The van der Waals surface area contributed by atoms with Crippen molar-refractivity contribution < 1.29 is 23.4 Å². The molecule has 152 valence electrons. The fraction of sp³-hybridized carbons (Fsp3) is 0.261. The van der Waals surface area contributed by atoms with Crippen molar-refractivity contribution >= 4 is 5.91 Å². The van der Waals surface area contributed by atoms with E-state index < -0.39 is 12.0 Å². The number of halogens is 1. The van der Waals surface area contributed by atoms with E-state index >= 15 is 0 Å². The van der Waals surface area contributed by atoms with E-state index in [0.29, 0.717) is 17.4 Å². The Morgan fingerprint density at radius 2 is 1.69 bits per heavy atom. The van der Waals surface area contributed by atoms with Gasteiger partial charge in [-0.2, -0.15) is 0 Å². The highest BCUT2D eigenvalue weighted by molar-refractivity contribution is 5.91. The van der Waals surface area contributed by atoms with Crippen LogP contribution in [0.5, 0.6) is 5.75 Å². The molecule has 0 aliphatic rings. The third-order valence-corrected chi connectivity index (χ3v) is 4.52. The lowest BCUT2D eigenvalue weighted by Gasteiger charge is -2.13. The quantitative estimate of drug-likeness (QED) is 0.583. The fourth-order valence-corrected chi connectivity index (χ4v) is 2.76. The second-order valence-electron chi connectivity index (χ2n) is 7.06. The number of rotatable bonds is 8. The molecule has 0 bridgehead atoms. The highest BCUT2D eigenvalue weighted by Gasteiger charge is 2.14. The molecule has 2 aromatic carbocycles. The Hall–Kier alpha value is -3.12. The van der Waals surface area contributed by atoms with Crippen LogP contribution < -0.4 is 10.1 Å². The molecule has 0 saturated carbocycles. The van der Waals surface area contributed by atoms with E-state index in [1.54, 1.807) is 12.1 Å². The Morgan fingerprint density at radius 1 is 1.03 bits per heavy atom. The van der Waals surface area contributed by atoms with E-state index in [2.05, 4.69) is 19.2 Å². The molecule has 1 amide bonds. The van der Waals surface area contributed by atoms with E-state index in [1.807, 2.05) is 24.3 Å². The third kappa shape index (κ3) is 5.68. The summed E-state index contributed by atoms with van der Waals surface area (Å²) in [5.74, 6) is 0.749. The lowest BCUT2D eigenvalue weighted by molar-refractivity contribution is 0.0885. The molecule has 0 spiro atoms. The van der Waals surface area contributed by atoms with Gasteiger partial charge in [0.05, 0.1) is 6.10 Å². The minimum absolute atomic E-state index is 0.0714. The van der Waals surface area contributed by atoms with Crippen molar-refractivity contribution in [3.05, 3.63) is 89.1 Å². The zero-order chi connectivity index (χ0) is 20.8. The summed E-state index contributed by atoms with van der Waals surface area (Å²) in [6.45, 7) is 4.40. The predicted octanol–water partition coefficient (Wildman–Crippen LogP) is 4.58. The Morgan fingerprint density at radius 3 is 2.34 bits per heavy atom. The average Bonchev–Trinajstić information content (AvgIpc) is 3.20. The van der Waals surface area contributed by atoms with Gasteiger partial charge in [0.15, 0.2) is 5.76 Å². The van der Waals surface area contributed by atoms with Gasteiger partial charge in [0.25, 0.3) is 5.91 Å². The number of amides is 1. The molecule has 3 aromatic rings. The number of ether oxygens (including phenoxy) is 1. The van der Waals surface area contributed by atoms with Gasteiger partial charge in [-0.1, -0.05) is 38.1 Å². The number of furan rings is 1. The fourth-order valence-electron chi connectivity index (χ4n) is 2.76. The van der Waals surface area contributed by atoms with Crippen molar-refractivity contribution in [2.45, 2.75) is 32.5 Å². The number of benzene rings is 2. The molecule has 0 fully saturated rings. The van der Waals surface area contributed by atoms with Gasteiger partial charge < -0.3 is 19.6 Å². The molecule has 0 aliphatic carbocycles. The van der Waals surface area contributed by atoms with Gasteiger partial charge >= 0.3 is 0 Å². The maximum atomic E-state index is 12.9. The van der Waals surface area contributed by atoms with Crippen LogP contribution in [0.4, 0.5) is 4.39 Å². The molecule has 1 aromatic heterocycles. The average molecular weight is 397 g/mol. The van der Waals surface area contributed by atoms with Crippen LogP contribution in [0.3, 0.4) is 0 Å². The van der Waals surface area contributed by atoms with Crippen LogP contribution in [0, 0.1) is 5.82 Å². The van der Waals surface area contributed by atoms with Crippen LogP contribution >= 0.6 is 0 Å². The minimum atomic E-state index is -0.809. The van der Waals surface area contributed by atoms with E-state index in [9.17, 15) is 14.3 Å². The maximum Gasteiger partial charge on any atom is 0.287 e. The molecule has 2 N–H and O–H groups in total. The summed E-state index contributed by atoms with van der Waals surface area (Å²) in [4.78, 5) is 12.3. The Bertz CT molecular complexity index is 932. The van der Waals surface area contributed by atoms with E-state index in [0.717, 1.165) is 5.56 Å². The first-order valence-corrected chi connectivity index (χ1v) is 9.45. The number of hydrogen-bond acceptors (Lipinski definition) is 4. The normalized spacial score (nSPS) is 12.0. The molecule has 6 heteroatoms. The maximum absolute atomic E-state index is 12.9. The van der Waals surface area contributed by atoms with E-state index in [-0.39, 0.29) is 24.7 Å².